The molecule has 1 unspecified atom stereocenters. The molecule has 0 fully saturated rings. The lowest BCUT2D eigenvalue weighted by Gasteiger charge is -2.14. The second-order valence-corrected chi connectivity index (χ2v) is 6.04. The maximum atomic E-state index is 10.3. The van der Waals surface area contributed by atoms with Gasteiger partial charge in [-0.15, -0.1) is 24.0 Å². The number of hydrogen-bond donors (Lipinski definition) is 3. The molecule has 9 heteroatoms. The topological polar surface area (TPSA) is 74.5 Å². The van der Waals surface area contributed by atoms with Crippen LogP contribution >= 0.6 is 47.2 Å². The van der Waals surface area contributed by atoms with Crippen molar-refractivity contribution >= 4 is 53.1 Å². The lowest BCUT2D eigenvalue weighted by atomic mass is 10.1. The number of hydrogen-bond acceptors (Lipinski definition) is 3. The Labute approximate surface area is 174 Å². The number of guanidine groups is 1. The van der Waals surface area contributed by atoms with E-state index in [1.54, 1.807) is 30.7 Å². The van der Waals surface area contributed by atoms with Crippen molar-refractivity contribution in [3.05, 3.63) is 52.5 Å². The third kappa shape index (κ3) is 7.81. The molecule has 0 aliphatic rings. The molecule has 0 saturated heterocycles. The number of aliphatic hydroxyl groups excluding tert-OH is 1. The Kier molecular flexibility index (Phi) is 10.2. The van der Waals surface area contributed by atoms with Crippen molar-refractivity contribution in [2.75, 3.05) is 19.6 Å². The summed E-state index contributed by atoms with van der Waals surface area (Å²) < 4.78 is 1.97. The van der Waals surface area contributed by atoms with Gasteiger partial charge >= 0.3 is 0 Å². The largest absolute Gasteiger partial charge is 0.386 e. The van der Waals surface area contributed by atoms with E-state index >= 15 is 0 Å². The molecule has 0 spiro atoms. The predicted octanol–water partition coefficient (Wildman–Crippen LogP) is 3.10. The number of halogens is 3. The molecule has 0 aliphatic carbocycles. The maximum absolute atomic E-state index is 10.3. The van der Waals surface area contributed by atoms with E-state index in [9.17, 15) is 5.11 Å². The van der Waals surface area contributed by atoms with Gasteiger partial charge < -0.3 is 20.3 Å². The maximum Gasteiger partial charge on any atom is 0.191 e. The molecule has 3 N–H and O–H groups in total. The lowest BCUT2D eigenvalue weighted by Crippen LogP contribution is -2.39. The van der Waals surface area contributed by atoms with E-state index in [1.807, 2.05) is 17.7 Å². The zero-order valence-corrected chi connectivity index (χ0v) is 17.7. The molecule has 6 nitrogen and oxygen atoms in total. The van der Waals surface area contributed by atoms with Gasteiger partial charge in [-0.25, -0.2) is 4.98 Å². The zero-order chi connectivity index (χ0) is 17.4. The molecule has 1 heterocycles. The van der Waals surface area contributed by atoms with E-state index in [0.29, 0.717) is 28.1 Å². The van der Waals surface area contributed by atoms with Gasteiger partial charge in [0, 0.05) is 42.1 Å². The standard InChI is InChI=1S/C16H21Cl2N5O.HI/c1-2-20-16(21-4-6-23-5-3-19-11-23)22-10-15(24)12-7-13(17)9-14(18)8-12;/h3,5,7-9,11,15,24H,2,4,6,10H2,1H3,(H2,20,21,22);1H. The highest BCUT2D eigenvalue weighted by Gasteiger charge is 2.09. The molecular formula is C16H22Cl2IN5O. The summed E-state index contributed by atoms with van der Waals surface area (Å²) in [6, 6.07) is 5.00. The fraction of sp³-hybridized carbons (Fsp3) is 0.375. The highest BCUT2D eigenvalue weighted by atomic mass is 127. The Morgan fingerprint density at radius 1 is 1.28 bits per heavy atom. The van der Waals surface area contributed by atoms with E-state index in [0.717, 1.165) is 13.1 Å². The third-order valence-electron chi connectivity index (χ3n) is 3.26. The fourth-order valence-electron chi connectivity index (χ4n) is 2.11. The number of benzene rings is 1. The van der Waals surface area contributed by atoms with Crippen molar-refractivity contribution in [1.29, 1.82) is 0 Å². The summed E-state index contributed by atoms with van der Waals surface area (Å²) in [5.41, 5.74) is 0.644. The normalized spacial score (nSPS) is 12.4. The van der Waals surface area contributed by atoms with Crippen molar-refractivity contribution in [2.24, 2.45) is 4.99 Å². The Morgan fingerprint density at radius 3 is 2.60 bits per heavy atom. The van der Waals surface area contributed by atoms with Gasteiger partial charge in [0.05, 0.1) is 19.0 Å². The van der Waals surface area contributed by atoms with Gasteiger partial charge in [-0.05, 0) is 30.7 Å². The van der Waals surface area contributed by atoms with Gasteiger partial charge in [0.2, 0.25) is 0 Å². The van der Waals surface area contributed by atoms with E-state index in [-0.39, 0.29) is 30.5 Å². The molecule has 2 rings (SSSR count). The predicted molar refractivity (Wildman–Crippen MR) is 113 cm³/mol. The minimum Gasteiger partial charge on any atom is -0.386 e. The number of rotatable bonds is 7. The van der Waals surface area contributed by atoms with Crippen LogP contribution in [-0.4, -0.2) is 40.3 Å². The van der Waals surface area contributed by atoms with Crippen LogP contribution in [0, 0.1) is 0 Å². The van der Waals surface area contributed by atoms with Gasteiger partial charge in [-0.2, -0.15) is 0 Å². The quantitative estimate of drug-likeness (QED) is 0.312. The van der Waals surface area contributed by atoms with Gasteiger partial charge in [-0.3, -0.25) is 4.99 Å². The summed E-state index contributed by atoms with van der Waals surface area (Å²) >= 11 is 11.9. The first-order valence-corrected chi connectivity index (χ1v) is 8.46. The first-order chi connectivity index (χ1) is 11.6. The van der Waals surface area contributed by atoms with Crippen molar-refractivity contribution in [3.8, 4) is 0 Å². The zero-order valence-electron chi connectivity index (χ0n) is 13.8. The summed E-state index contributed by atoms with van der Waals surface area (Å²) in [5, 5.41) is 17.6. The first-order valence-electron chi connectivity index (χ1n) is 7.70. The number of aliphatic imine (C=N–C) groups is 1. The fourth-order valence-corrected chi connectivity index (χ4v) is 2.66. The number of aliphatic hydroxyl groups is 1. The highest BCUT2D eigenvalue weighted by Crippen LogP contribution is 2.23. The van der Waals surface area contributed by atoms with Crippen LogP contribution < -0.4 is 10.6 Å². The summed E-state index contributed by atoms with van der Waals surface area (Å²) in [6.07, 6.45) is 4.63. The smallest absolute Gasteiger partial charge is 0.191 e. The van der Waals surface area contributed by atoms with Crippen LogP contribution in [-0.2, 0) is 6.54 Å². The average Bonchev–Trinajstić information content (AvgIpc) is 3.04. The minimum atomic E-state index is -0.773. The summed E-state index contributed by atoms with van der Waals surface area (Å²) in [4.78, 5) is 8.40. The number of nitrogens with one attached hydrogen (secondary N) is 2. The summed E-state index contributed by atoms with van der Waals surface area (Å²) in [5.74, 6) is 0.643. The van der Waals surface area contributed by atoms with E-state index in [2.05, 4.69) is 20.6 Å². The van der Waals surface area contributed by atoms with Crippen molar-refractivity contribution < 1.29 is 5.11 Å². The van der Waals surface area contributed by atoms with Crippen LogP contribution in [0.5, 0.6) is 0 Å². The molecular weight excluding hydrogens is 476 g/mol. The second kappa shape index (κ2) is 11.6. The molecule has 1 atom stereocenters. The monoisotopic (exact) mass is 497 g/mol. The molecule has 0 amide bonds. The Hall–Kier alpha value is -1.03. The Balaban J connectivity index is 0.00000312. The van der Waals surface area contributed by atoms with Gasteiger partial charge in [0.1, 0.15) is 0 Å². The molecule has 0 bridgehead atoms. The van der Waals surface area contributed by atoms with Gasteiger partial charge in [0.15, 0.2) is 5.96 Å². The van der Waals surface area contributed by atoms with Crippen molar-refractivity contribution in [1.82, 2.24) is 20.2 Å². The van der Waals surface area contributed by atoms with Crippen LogP contribution in [0.3, 0.4) is 0 Å². The molecule has 2 aromatic rings. The Morgan fingerprint density at radius 2 is 2.00 bits per heavy atom. The van der Waals surface area contributed by atoms with Gasteiger partial charge in [-0.1, -0.05) is 23.2 Å². The molecule has 138 valence electrons. The Bertz CT molecular complexity index is 646. The van der Waals surface area contributed by atoms with Crippen molar-refractivity contribution in [3.63, 3.8) is 0 Å². The molecule has 25 heavy (non-hydrogen) atoms. The third-order valence-corrected chi connectivity index (χ3v) is 3.69. The number of imidazole rings is 1. The van der Waals surface area contributed by atoms with Gasteiger partial charge in [0.25, 0.3) is 0 Å². The summed E-state index contributed by atoms with van der Waals surface area (Å²) in [7, 11) is 0. The number of aromatic nitrogens is 2. The lowest BCUT2D eigenvalue weighted by molar-refractivity contribution is 0.187. The van der Waals surface area contributed by atoms with Crippen LogP contribution in [0.1, 0.15) is 18.6 Å². The van der Waals surface area contributed by atoms with Crippen LogP contribution in [0.15, 0.2) is 41.9 Å². The van der Waals surface area contributed by atoms with E-state index in [1.165, 1.54) is 0 Å². The van der Waals surface area contributed by atoms with Crippen LogP contribution in [0.2, 0.25) is 10.0 Å². The second-order valence-electron chi connectivity index (χ2n) is 5.17. The highest BCUT2D eigenvalue weighted by molar-refractivity contribution is 14.0. The molecule has 1 aromatic carbocycles. The van der Waals surface area contributed by atoms with Crippen molar-refractivity contribution in [2.45, 2.75) is 19.6 Å². The van der Waals surface area contributed by atoms with Crippen LogP contribution in [0.25, 0.3) is 0 Å². The summed E-state index contributed by atoms with van der Waals surface area (Å²) in [6.45, 7) is 4.39. The molecule has 1 aromatic heterocycles. The molecule has 0 aliphatic heterocycles. The first kappa shape index (κ1) is 22.0. The van der Waals surface area contributed by atoms with Crippen LogP contribution in [0.4, 0.5) is 0 Å². The minimum absolute atomic E-state index is 0. The SMILES string of the molecule is CCNC(=NCC(O)c1cc(Cl)cc(Cl)c1)NCCn1ccnc1.I. The van der Waals surface area contributed by atoms with E-state index < -0.39 is 6.10 Å². The van der Waals surface area contributed by atoms with E-state index in [4.69, 9.17) is 23.2 Å². The molecule has 0 radical (unpaired) electrons. The average molecular weight is 498 g/mol. The molecule has 0 saturated carbocycles. The number of nitrogens with zero attached hydrogens (tertiary/aromatic N) is 3.